The summed E-state index contributed by atoms with van der Waals surface area (Å²) in [6.45, 7) is 2.12. The second kappa shape index (κ2) is 7.94. The van der Waals surface area contributed by atoms with Crippen LogP contribution in [0.5, 0.6) is 0 Å². The zero-order chi connectivity index (χ0) is 18.6. The van der Waals surface area contributed by atoms with Gasteiger partial charge in [-0.2, -0.15) is 4.98 Å². The molecular weight excluding hydrogens is 384 g/mol. The fourth-order valence-electron chi connectivity index (χ4n) is 2.45. The van der Waals surface area contributed by atoms with Crippen molar-refractivity contribution < 1.29 is 8.94 Å². The Kier molecular flexibility index (Phi) is 5.22. The number of hydrogen-bond donors (Lipinski definition) is 0. The summed E-state index contributed by atoms with van der Waals surface area (Å²) in [6.07, 6.45) is 0.996. The zero-order valence-electron chi connectivity index (χ0n) is 14.4. The zero-order valence-corrected chi connectivity index (χ0v) is 16.0. The van der Waals surface area contributed by atoms with Crippen molar-refractivity contribution in [1.29, 1.82) is 0 Å². The molecule has 0 spiro atoms. The van der Waals surface area contributed by atoms with Crippen LogP contribution in [-0.2, 0) is 12.2 Å². The summed E-state index contributed by atoms with van der Waals surface area (Å²) >= 11 is 7.33. The fourth-order valence-corrected chi connectivity index (χ4v) is 3.24. The lowest BCUT2D eigenvalue weighted by Crippen LogP contribution is -1.84. The molecule has 0 atom stereocenters. The number of thioether (sulfide) groups is 1. The summed E-state index contributed by atoms with van der Waals surface area (Å²) in [5.41, 5.74) is 2.97. The van der Waals surface area contributed by atoms with Crippen molar-refractivity contribution in [2.24, 2.45) is 0 Å². The lowest BCUT2D eigenvalue weighted by molar-refractivity contribution is 0.391. The van der Waals surface area contributed by atoms with Gasteiger partial charge in [0.25, 0.3) is 5.22 Å². The maximum Gasteiger partial charge on any atom is 0.277 e. The van der Waals surface area contributed by atoms with E-state index in [4.69, 9.17) is 20.5 Å². The molecule has 2 heterocycles. The molecule has 2 aromatic heterocycles. The van der Waals surface area contributed by atoms with Gasteiger partial charge in [-0.25, -0.2) is 0 Å². The molecule has 0 bridgehead atoms. The molecule has 0 unspecified atom stereocenters. The summed E-state index contributed by atoms with van der Waals surface area (Å²) < 4.78 is 11.0. The molecule has 4 aromatic rings. The first kappa shape index (κ1) is 17.8. The molecule has 0 amide bonds. The van der Waals surface area contributed by atoms with Crippen LogP contribution in [0, 0.1) is 0 Å². The van der Waals surface area contributed by atoms with E-state index >= 15 is 0 Å². The van der Waals surface area contributed by atoms with Crippen molar-refractivity contribution in [3.8, 4) is 22.8 Å². The average molecular weight is 399 g/mol. The molecule has 27 heavy (non-hydrogen) atoms. The van der Waals surface area contributed by atoms with Crippen LogP contribution in [0.15, 0.2) is 62.7 Å². The predicted octanol–water partition coefficient (Wildman–Crippen LogP) is 5.29. The van der Waals surface area contributed by atoms with Crippen LogP contribution < -0.4 is 0 Å². The number of aromatic nitrogens is 4. The highest BCUT2D eigenvalue weighted by atomic mass is 35.5. The van der Waals surface area contributed by atoms with Crippen molar-refractivity contribution in [3.05, 3.63) is 65.0 Å². The van der Waals surface area contributed by atoms with E-state index in [0.717, 1.165) is 17.5 Å². The quantitative estimate of drug-likeness (QED) is 0.408. The number of benzene rings is 2. The van der Waals surface area contributed by atoms with Crippen molar-refractivity contribution >= 4 is 23.4 Å². The fraction of sp³-hybridized carbons (Fsp3) is 0.158. The molecule has 0 saturated carbocycles. The van der Waals surface area contributed by atoms with Gasteiger partial charge in [0.15, 0.2) is 0 Å². The minimum absolute atomic E-state index is 0.419. The van der Waals surface area contributed by atoms with Gasteiger partial charge in [-0.05, 0) is 30.2 Å². The Hall–Kier alpha value is -2.64. The van der Waals surface area contributed by atoms with Crippen molar-refractivity contribution in [2.45, 2.75) is 24.3 Å². The van der Waals surface area contributed by atoms with E-state index in [2.05, 4.69) is 39.4 Å². The first-order valence-corrected chi connectivity index (χ1v) is 9.72. The Labute approximate surface area is 165 Å². The van der Waals surface area contributed by atoms with Gasteiger partial charge in [0.2, 0.25) is 17.6 Å². The Morgan fingerprint density at radius 1 is 1.04 bits per heavy atom. The van der Waals surface area contributed by atoms with Crippen molar-refractivity contribution in [2.75, 3.05) is 0 Å². The standard InChI is InChI=1S/C19H15ClN4O2S/c1-2-12-6-8-13(9-7-12)17-21-16(26-24-17)11-27-19-23-22-18(25-19)14-4-3-5-15(20)10-14/h3-10H,2,11H2,1H3. The van der Waals surface area contributed by atoms with Crippen molar-refractivity contribution in [1.82, 2.24) is 20.3 Å². The molecule has 0 aliphatic heterocycles. The predicted molar refractivity (Wildman–Crippen MR) is 103 cm³/mol. The van der Waals surface area contributed by atoms with E-state index in [-0.39, 0.29) is 0 Å². The third kappa shape index (κ3) is 4.20. The maximum atomic E-state index is 5.99. The van der Waals surface area contributed by atoms with Crippen LogP contribution in [0.3, 0.4) is 0 Å². The van der Waals surface area contributed by atoms with E-state index in [0.29, 0.717) is 33.6 Å². The highest BCUT2D eigenvalue weighted by molar-refractivity contribution is 7.98. The Balaban J connectivity index is 1.41. The molecule has 136 valence electrons. The summed E-state index contributed by atoms with van der Waals surface area (Å²) in [7, 11) is 0. The number of aryl methyl sites for hydroxylation is 1. The van der Waals surface area contributed by atoms with Crippen LogP contribution in [0.4, 0.5) is 0 Å². The molecule has 8 heteroatoms. The minimum Gasteiger partial charge on any atom is -0.411 e. The van der Waals surface area contributed by atoms with Gasteiger partial charge in [0.05, 0.1) is 5.75 Å². The molecule has 0 radical (unpaired) electrons. The second-order valence-corrected chi connectivity index (χ2v) is 7.10. The van der Waals surface area contributed by atoms with E-state index < -0.39 is 0 Å². The van der Waals surface area contributed by atoms with E-state index in [1.54, 1.807) is 12.1 Å². The van der Waals surface area contributed by atoms with Crippen LogP contribution in [0.1, 0.15) is 18.4 Å². The normalized spacial score (nSPS) is 11.0. The highest BCUT2D eigenvalue weighted by Gasteiger charge is 2.13. The van der Waals surface area contributed by atoms with Gasteiger partial charge in [-0.1, -0.05) is 65.8 Å². The molecule has 4 rings (SSSR count). The van der Waals surface area contributed by atoms with Gasteiger partial charge in [-0.3, -0.25) is 0 Å². The second-order valence-electron chi connectivity index (χ2n) is 5.73. The number of hydrogen-bond acceptors (Lipinski definition) is 7. The van der Waals surface area contributed by atoms with Crippen LogP contribution in [0.25, 0.3) is 22.8 Å². The van der Waals surface area contributed by atoms with Gasteiger partial charge < -0.3 is 8.94 Å². The molecular formula is C19H15ClN4O2S. The summed E-state index contributed by atoms with van der Waals surface area (Å²) in [5.74, 6) is 1.93. The van der Waals surface area contributed by atoms with Gasteiger partial charge in [0.1, 0.15) is 0 Å². The lowest BCUT2D eigenvalue weighted by Gasteiger charge is -1.97. The molecule has 2 aromatic carbocycles. The Bertz CT molecular complexity index is 1050. The molecule has 0 aliphatic rings. The first-order chi connectivity index (χ1) is 13.2. The average Bonchev–Trinajstić information content (AvgIpc) is 3.36. The van der Waals surface area contributed by atoms with Crippen molar-refractivity contribution in [3.63, 3.8) is 0 Å². The van der Waals surface area contributed by atoms with E-state index in [1.807, 2.05) is 24.3 Å². The van der Waals surface area contributed by atoms with Gasteiger partial charge >= 0.3 is 0 Å². The van der Waals surface area contributed by atoms with Crippen LogP contribution >= 0.6 is 23.4 Å². The molecule has 0 fully saturated rings. The van der Waals surface area contributed by atoms with Gasteiger partial charge in [0, 0.05) is 16.1 Å². The summed E-state index contributed by atoms with van der Waals surface area (Å²) in [5, 5.41) is 13.2. The summed E-state index contributed by atoms with van der Waals surface area (Å²) in [4.78, 5) is 4.42. The number of nitrogens with zero attached hydrogens (tertiary/aromatic N) is 4. The molecule has 0 aliphatic carbocycles. The van der Waals surface area contributed by atoms with Gasteiger partial charge in [-0.15, -0.1) is 10.2 Å². The molecule has 0 saturated heterocycles. The Morgan fingerprint density at radius 3 is 2.67 bits per heavy atom. The summed E-state index contributed by atoms with van der Waals surface area (Å²) in [6, 6.07) is 15.4. The number of rotatable bonds is 6. The largest absolute Gasteiger partial charge is 0.411 e. The van der Waals surface area contributed by atoms with Crippen LogP contribution in [0.2, 0.25) is 5.02 Å². The third-order valence-corrected chi connectivity index (χ3v) is 4.92. The maximum absolute atomic E-state index is 5.99. The topological polar surface area (TPSA) is 77.8 Å². The minimum atomic E-state index is 0.419. The smallest absolute Gasteiger partial charge is 0.277 e. The SMILES string of the molecule is CCc1ccc(-c2noc(CSc3nnc(-c4cccc(Cl)c4)o3)n2)cc1. The third-order valence-electron chi connectivity index (χ3n) is 3.89. The van der Waals surface area contributed by atoms with E-state index in [9.17, 15) is 0 Å². The van der Waals surface area contributed by atoms with Crippen LogP contribution in [-0.4, -0.2) is 20.3 Å². The van der Waals surface area contributed by atoms with E-state index in [1.165, 1.54) is 17.3 Å². The molecule has 6 nitrogen and oxygen atoms in total. The monoisotopic (exact) mass is 398 g/mol. The number of halogens is 1. The highest BCUT2D eigenvalue weighted by Crippen LogP contribution is 2.27. The Morgan fingerprint density at radius 2 is 1.89 bits per heavy atom. The molecule has 0 N–H and O–H groups in total. The lowest BCUT2D eigenvalue weighted by atomic mass is 10.1. The first-order valence-electron chi connectivity index (χ1n) is 8.35.